The van der Waals surface area contributed by atoms with Crippen LogP contribution in [-0.2, 0) is 9.59 Å². The Morgan fingerprint density at radius 3 is 2.18 bits per heavy atom. The number of rotatable bonds is 5. The summed E-state index contributed by atoms with van der Waals surface area (Å²) in [5.41, 5.74) is 1.94. The largest absolute Gasteiger partial charge is 0.372 e. The zero-order valence-electron chi connectivity index (χ0n) is 18.0. The average molecular weight is 386 g/mol. The summed E-state index contributed by atoms with van der Waals surface area (Å²) < 4.78 is 0. The molecule has 28 heavy (non-hydrogen) atoms. The van der Waals surface area contributed by atoms with E-state index in [1.807, 2.05) is 12.1 Å². The summed E-state index contributed by atoms with van der Waals surface area (Å²) in [7, 11) is 0. The second-order valence-corrected chi connectivity index (χ2v) is 10.2. The van der Waals surface area contributed by atoms with Crippen molar-refractivity contribution in [2.24, 2.45) is 11.3 Å². The van der Waals surface area contributed by atoms with Gasteiger partial charge in [-0.3, -0.25) is 9.59 Å². The molecular formula is C23H35N3O2. The van der Waals surface area contributed by atoms with Gasteiger partial charge in [-0.1, -0.05) is 20.8 Å². The van der Waals surface area contributed by atoms with Crippen LogP contribution in [0.1, 0.15) is 60.3 Å². The highest BCUT2D eigenvalue weighted by molar-refractivity contribution is 6.00. The summed E-state index contributed by atoms with van der Waals surface area (Å²) in [6.07, 6.45) is 3.66. The van der Waals surface area contributed by atoms with Crippen molar-refractivity contribution >= 4 is 23.2 Å². The van der Waals surface area contributed by atoms with Crippen LogP contribution in [0.15, 0.2) is 24.3 Å². The Labute approximate surface area is 169 Å². The average Bonchev–Trinajstić information content (AvgIpc) is 3.22. The molecule has 5 heteroatoms. The zero-order chi connectivity index (χ0) is 20.5. The SMILES string of the molecule is CC(C)(C)CC(C)(C)NC(=O)C1CC(=O)N(c2ccc(N3CCCC3)cc2)C1. The van der Waals surface area contributed by atoms with Crippen molar-refractivity contribution in [2.45, 2.75) is 65.8 Å². The van der Waals surface area contributed by atoms with Crippen molar-refractivity contribution in [2.75, 3.05) is 29.4 Å². The highest BCUT2D eigenvalue weighted by Gasteiger charge is 2.37. The summed E-state index contributed by atoms with van der Waals surface area (Å²) in [6, 6.07) is 8.20. The van der Waals surface area contributed by atoms with E-state index in [1.165, 1.54) is 18.5 Å². The monoisotopic (exact) mass is 385 g/mol. The van der Waals surface area contributed by atoms with E-state index in [9.17, 15) is 9.59 Å². The molecule has 154 valence electrons. The Balaban J connectivity index is 1.62. The number of anilines is 2. The van der Waals surface area contributed by atoms with Crippen molar-refractivity contribution in [3.8, 4) is 0 Å². The predicted molar refractivity (Wildman–Crippen MR) is 115 cm³/mol. The van der Waals surface area contributed by atoms with E-state index in [-0.39, 0.29) is 35.1 Å². The Morgan fingerprint density at radius 2 is 1.61 bits per heavy atom. The van der Waals surface area contributed by atoms with E-state index >= 15 is 0 Å². The normalized spacial score (nSPS) is 20.8. The van der Waals surface area contributed by atoms with Crippen molar-refractivity contribution in [3.05, 3.63) is 24.3 Å². The van der Waals surface area contributed by atoms with Crippen molar-refractivity contribution in [1.82, 2.24) is 5.32 Å². The second-order valence-electron chi connectivity index (χ2n) is 10.2. The van der Waals surface area contributed by atoms with Gasteiger partial charge in [-0.15, -0.1) is 0 Å². The molecule has 1 unspecified atom stereocenters. The van der Waals surface area contributed by atoms with E-state index in [0.29, 0.717) is 6.54 Å². The molecule has 5 nitrogen and oxygen atoms in total. The van der Waals surface area contributed by atoms with Crippen LogP contribution in [0.4, 0.5) is 11.4 Å². The quantitative estimate of drug-likeness (QED) is 0.834. The lowest BCUT2D eigenvalue weighted by atomic mass is 9.81. The van der Waals surface area contributed by atoms with Crippen LogP contribution in [0.3, 0.4) is 0 Å². The molecule has 0 radical (unpaired) electrons. The molecule has 1 atom stereocenters. The van der Waals surface area contributed by atoms with Gasteiger partial charge in [-0.25, -0.2) is 0 Å². The second kappa shape index (κ2) is 7.76. The van der Waals surface area contributed by atoms with Crippen LogP contribution >= 0.6 is 0 Å². The molecule has 1 aromatic rings. The van der Waals surface area contributed by atoms with Crippen molar-refractivity contribution < 1.29 is 9.59 Å². The maximum absolute atomic E-state index is 12.8. The molecule has 2 saturated heterocycles. The lowest BCUT2D eigenvalue weighted by Crippen LogP contribution is -2.48. The fourth-order valence-electron chi connectivity index (χ4n) is 4.76. The van der Waals surface area contributed by atoms with Gasteiger partial charge in [0.2, 0.25) is 11.8 Å². The van der Waals surface area contributed by atoms with Crippen LogP contribution in [0.5, 0.6) is 0 Å². The number of nitrogens with zero attached hydrogens (tertiary/aromatic N) is 2. The fourth-order valence-corrected chi connectivity index (χ4v) is 4.76. The molecule has 2 aliphatic heterocycles. The highest BCUT2D eigenvalue weighted by atomic mass is 16.2. The minimum Gasteiger partial charge on any atom is -0.372 e. The summed E-state index contributed by atoms with van der Waals surface area (Å²) >= 11 is 0. The molecular weight excluding hydrogens is 350 g/mol. The summed E-state index contributed by atoms with van der Waals surface area (Å²) in [6.45, 7) is 13.3. The molecule has 0 saturated carbocycles. The van der Waals surface area contributed by atoms with E-state index in [0.717, 1.165) is 25.2 Å². The van der Waals surface area contributed by atoms with Gasteiger partial charge in [-0.05, 0) is 62.8 Å². The van der Waals surface area contributed by atoms with Crippen LogP contribution in [0.2, 0.25) is 0 Å². The lowest BCUT2D eigenvalue weighted by Gasteiger charge is -2.34. The summed E-state index contributed by atoms with van der Waals surface area (Å²) in [5.74, 6) is -0.272. The van der Waals surface area contributed by atoms with Crippen LogP contribution in [0, 0.1) is 11.3 Å². The molecule has 0 aliphatic carbocycles. The van der Waals surface area contributed by atoms with E-state index in [1.54, 1.807) is 4.90 Å². The Hall–Kier alpha value is -2.04. The van der Waals surface area contributed by atoms with Crippen LogP contribution < -0.4 is 15.1 Å². The molecule has 2 aliphatic rings. The van der Waals surface area contributed by atoms with Gasteiger partial charge in [-0.2, -0.15) is 0 Å². The first kappa shape index (κ1) is 20.7. The van der Waals surface area contributed by atoms with Crippen molar-refractivity contribution in [1.29, 1.82) is 0 Å². The van der Waals surface area contributed by atoms with Crippen molar-refractivity contribution in [3.63, 3.8) is 0 Å². The third-order valence-electron chi connectivity index (χ3n) is 5.56. The molecule has 0 bridgehead atoms. The van der Waals surface area contributed by atoms with Gasteiger partial charge < -0.3 is 15.1 Å². The number of hydrogen-bond donors (Lipinski definition) is 1. The maximum atomic E-state index is 12.8. The predicted octanol–water partition coefficient (Wildman–Crippen LogP) is 3.97. The molecule has 0 aromatic heterocycles. The van der Waals surface area contributed by atoms with Gasteiger partial charge in [0.05, 0.1) is 5.92 Å². The summed E-state index contributed by atoms with van der Waals surface area (Å²) in [5, 5.41) is 3.17. The highest BCUT2D eigenvalue weighted by Crippen LogP contribution is 2.30. The van der Waals surface area contributed by atoms with E-state index < -0.39 is 0 Å². The fraction of sp³-hybridized carbons (Fsp3) is 0.652. The smallest absolute Gasteiger partial charge is 0.227 e. The molecule has 2 fully saturated rings. The number of carbonyl (C=O) groups excluding carboxylic acids is 2. The minimum absolute atomic E-state index is 0.0150. The Kier molecular flexibility index (Phi) is 5.74. The third-order valence-corrected chi connectivity index (χ3v) is 5.56. The first-order chi connectivity index (χ1) is 13.0. The van der Waals surface area contributed by atoms with Crippen LogP contribution in [0.25, 0.3) is 0 Å². The van der Waals surface area contributed by atoms with Gasteiger partial charge in [0.1, 0.15) is 0 Å². The van der Waals surface area contributed by atoms with Gasteiger partial charge in [0, 0.05) is 43.0 Å². The number of hydrogen-bond acceptors (Lipinski definition) is 3. The van der Waals surface area contributed by atoms with Gasteiger partial charge in [0.25, 0.3) is 0 Å². The van der Waals surface area contributed by atoms with Gasteiger partial charge in [0.15, 0.2) is 0 Å². The topological polar surface area (TPSA) is 52.7 Å². The van der Waals surface area contributed by atoms with Gasteiger partial charge >= 0.3 is 0 Å². The van der Waals surface area contributed by atoms with Crippen LogP contribution in [-0.4, -0.2) is 37.0 Å². The number of benzene rings is 1. The molecule has 3 rings (SSSR count). The standard InChI is InChI=1S/C23H35N3O2/c1-22(2,3)16-23(4,5)24-21(28)17-14-20(27)26(15-17)19-10-8-18(9-11-19)25-12-6-7-13-25/h8-11,17H,6-7,12-16H2,1-5H3,(H,24,28). The van der Waals surface area contributed by atoms with E-state index in [2.05, 4.69) is 57.0 Å². The molecule has 1 aromatic carbocycles. The minimum atomic E-state index is -0.289. The van der Waals surface area contributed by atoms with E-state index in [4.69, 9.17) is 0 Å². The number of amides is 2. The lowest BCUT2D eigenvalue weighted by molar-refractivity contribution is -0.128. The molecule has 0 spiro atoms. The number of nitrogens with one attached hydrogen (secondary N) is 1. The Morgan fingerprint density at radius 1 is 1.04 bits per heavy atom. The first-order valence-electron chi connectivity index (χ1n) is 10.5. The maximum Gasteiger partial charge on any atom is 0.227 e. The molecule has 2 heterocycles. The third kappa shape index (κ3) is 5.06. The summed E-state index contributed by atoms with van der Waals surface area (Å²) in [4.78, 5) is 29.5. The molecule has 1 N–H and O–H groups in total. The zero-order valence-corrected chi connectivity index (χ0v) is 18.0. The molecule has 2 amide bonds. The number of carbonyl (C=O) groups is 2. The Bertz CT molecular complexity index is 712. The first-order valence-corrected chi connectivity index (χ1v) is 10.5.